The number of carboxylic acid groups (broad SMARTS) is 1. The molecule has 7 heteroatoms. The van der Waals surface area contributed by atoms with Crippen LogP contribution in [0.1, 0.15) is 0 Å². The average molecular weight is 252 g/mol. The third-order valence-corrected chi connectivity index (χ3v) is 2.01. The standard InChI is InChI=1S/C5H2Cl4O3/c6-1(2(7)5(11)12)3(10)4(8)9/h4H,(H,11,12)/b2-1+. The summed E-state index contributed by atoms with van der Waals surface area (Å²) in [5.74, 6) is -2.45. The van der Waals surface area contributed by atoms with Gasteiger partial charge >= 0.3 is 5.97 Å². The number of allylic oxidation sites excluding steroid dienone is 1. The lowest BCUT2D eigenvalue weighted by Crippen LogP contribution is -2.11. The van der Waals surface area contributed by atoms with Gasteiger partial charge in [-0.3, -0.25) is 4.79 Å². The van der Waals surface area contributed by atoms with E-state index in [-0.39, 0.29) is 0 Å². The third kappa shape index (κ3) is 3.19. The summed E-state index contributed by atoms with van der Waals surface area (Å²) in [6.45, 7) is 0. The quantitative estimate of drug-likeness (QED) is 0.618. The summed E-state index contributed by atoms with van der Waals surface area (Å²) in [6, 6.07) is 0. The van der Waals surface area contributed by atoms with Crippen molar-refractivity contribution in [2.24, 2.45) is 0 Å². The molecular formula is C5H2Cl4O3. The molecule has 0 fully saturated rings. The van der Waals surface area contributed by atoms with Crippen LogP contribution in [0, 0.1) is 0 Å². The van der Waals surface area contributed by atoms with Crippen LogP contribution in [0.15, 0.2) is 10.1 Å². The molecule has 3 nitrogen and oxygen atoms in total. The summed E-state index contributed by atoms with van der Waals surface area (Å²) >= 11 is 20.6. The van der Waals surface area contributed by atoms with Crippen molar-refractivity contribution in [2.45, 2.75) is 4.84 Å². The van der Waals surface area contributed by atoms with Crippen molar-refractivity contribution in [3.05, 3.63) is 10.1 Å². The number of carboxylic acids is 1. The summed E-state index contributed by atoms with van der Waals surface area (Å²) in [4.78, 5) is 19.5. The van der Waals surface area contributed by atoms with E-state index in [0.29, 0.717) is 0 Å². The molecule has 12 heavy (non-hydrogen) atoms. The van der Waals surface area contributed by atoms with Gasteiger partial charge in [-0.05, 0) is 0 Å². The molecule has 0 bridgehead atoms. The van der Waals surface area contributed by atoms with Crippen molar-refractivity contribution in [3.63, 3.8) is 0 Å². The van der Waals surface area contributed by atoms with Gasteiger partial charge in [-0.1, -0.05) is 46.4 Å². The number of hydrogen-bond acceptors (Lipinski definition) is 2. The third-order valence-electron chi connectivity index (χ3n) is 0.795. The van der Waals surface area contributed by atoms with Gasteiger partial charge in [0, 0.05) is 0 Å². The van der Waals surface area contributed by atoms with Gasteiger partial charge in [0.2, 0.25) is 5.78 Å². The highest BCUT2D eigenvalue weighted by molar-refractivity contribution is 6.62. The molecule has 68 valence electrons. The lowest BCUT2D eigenvalue weighted by molar-refractivity contribution is -0.132. The topological polar surface area (TPSA) is 54.4 Å². The van der Waals surface area contributed by atoms with Gasteiger partial charge < -0.3 is 5.11 Å². The van der Waals surface area contributed by atoms with Crippen LogP contribution >= 0.6 is 46.4 Å². The lowest BCUT2D eigenvalue weighted by atomic mass is 10.4. The van der Waals surface area contributed by atoms with Crippen molar-refractivity contribution in [2.75, 3.05) is 0 Å². The van der Waals surface area contributed by atoms with Crippen LogP contribution in [-0.2, 0) is 9.59 Å². The van der Waals surface area contributed by atoms with Gasteiger partial charge in [0.15, 0.2) is 4.84 Å². The second kappa shape index (κ2) is 4.92. The van der Waals surface area contributed by atoms with Crippen LogP contribution in [0.25, 0.3) is 0 Å². The van der Waals surface area contributed by atoms with E-state index in [1.54, 1.807) is 0 Å². The van der Waals surface area contributed by atoms with E-state index in [9.17, 15) is 9.59 Å². The molecule has 0 saturated heterocycles. The number of hydrogen-bond donors (Lipinski definition) is 1. The Bertz CT molecular complexity index is 245. The fourth-order valence-corrected chi connectivity index (χ4v) is 0.911. The zero-order chi connectivity index (χ0) is 9.89. The van der Waals surface area contributed by atoms with E-state index in [1.165, 1.54) is 0 Å². The number of aliphatic carboxylic acids is 1. The Labute approximate surface area is 87.8 Å². The Hall–Kier alpha value is 0.0400. The van der Waals surface area contributed by atoms with Gasteiger partial charge in [-0.15, -0.1) is 0 Å². The molecule has 0 atom stereocenters. The zero-order valence-corrected chi connectivity index (χ0v) is 8.38. The Kier molecular flexibility index (Phi) is 4.94. The number of carbonyl (C=O) groups is 2. The first-order valence-electron chi connectivity index (χ1n) is 2.48. The molecule has 0 aromatic heterocycles. The minimum atomic E-state index is -1.51. The molecule has 0 saturated carbocycles. The van der Waals surface area contributed by atoms with E-state index in [1.807, 2.05) is 0 Å². The van der Waals surface area contributed by atoms with E-state index >= 15 is 0 Å². The molecule has 0 unspecified atom stereocenters. The maximum atomic E-state index is 10.8. The highest BCUT2D eigenvalue weighted by Gasteiger charge is 2.21. The van der Waals surface area contributed by atoms with Crippen molar-refractivity contribution in [1.29, 1.82) is 0 Å². The molecule has 0 aromatic carbocycles. The Balaban J connectivity index is 4.79. The molecule has 0 aromatic rings. The number of alkyl halides is 2. The lowest BCUT2D eigenvalue weighted by Gasteiger charge is -1.98. The molecule has 0 aliphatic heterocycles. The summed E-state index contributed by atoms with van der Waals surface area (Å²) in [7, 11) is 0. The van der Waals surface area contributed by atoms with Crippen LogP contribution in [0.3, 0.4) is 0 Å². The predicted octanol–water partition coefficient (Wildman–Crippen LogP) is 2.13. The minimum Gasteiger partial charge on any atom is -0.477 e. The molecule has 0 amide bonds. The molecule has 0 rings (SSSR count). The monoisotopic (exact) mass is 250 g/mol. The minimum absolute atomic E-state index is 0.681. The molecular weight excluding hydrogens is 250 g/mol. The summed E-state index contributed by atoms with van der Waals surface area (Å²) in [6.07, 6.45) is 0. The van der Waals surface area contributed by atoms with Crippen LogP contribution in [-0.4, -0.2) is 21.7 Å². The number of ketones is 1. The SMILES string of the molecule is O=C(O)/C(Cl)=C(\Cl)C(=O)C(Cl)Cl. The number of halogens is 4. The Morgan fingerprint density at radius 2 is 1.50 bits per heavy atom. The molecule has 0 aliphatic carbocycles. The van der Waals surface area contributed by atoms with Gasteiger partial charge in [0.25, 0.3) is 0 Å². The van der Waals surface area contributed by atoms with Gasteiger partial charge in [0.1, 0.15) is 10.1 Å². The fraction of sp³-hybridized carbons (Fsp3) is 0.200. The largest absolute Gasteiger partial charge is 0.477 e. The summed E-state index contributed by atoms with van der Waals surface area (Å²) < 4.78 is 0. The van der Waals surface area contributed by atoms with Crippen molar-refractivity contribution in [3.8, 4) is 0 Å². The molecule has 0 heterocycles. The van der Waals surface area contributed by atoms with Gasteiger partial charge in [-0.25, -0.2) is 4.79 Å². The van der Waals surface area contributed by atoms with Crippen LogP contribution in [0.4, 0.5) is 0 Å². The van der Waals surface area contributed by atoms with Gasteiger partial charge in [-0.2, -0.15) is 0 Å². The maximum Gasteiger partial charge on any atom is 0.348 e. The Morgan fingerprint density at radius 1 is 1.08 bits per heavy atom. The first kappa shape index (κ1) is 12.0. The zero-order valence-electron chi connectivity index (χ0n) is 5.35. The molecule has 0 spiro atoms. The molecule has 0 radical (unpaired) electrons. The van der Waals surface area contributed by atoms with E-state index in [4.69, 9.17) is 51.5 Å². The number of carbonyl (C=O) groups excluding carboxylic acids is 1. The molecule has 1 N–H and O–H groups in total. The Morgan fingerprint density at radius 3 is 1.75 bits per heavy atom. The second-order valence-corrected chi connectivity index (χ2v) is 3.45. The fourth-order valence-electron chi connectivity index (χ4n) is 0.298. The van der Waals surface area contributed by atoms with E-state index in [2.05, 4.69) is 0 Å². The van der Waals surface area contributed by atoms with Crippen LogP contribution in [0.5, 0.6) is 0 Å². The average Bonchev–Trinajstić information content (AvgIpc) is 2.00. The normalized spacial score (nSPS) is 12.8. The van der Waals surface area contributed by atoms with Crippen molar-refractivity contribution >= 4 is 58.2 Å². The highest BCUT2D eigenvalue weighted by atomic mass is 35.5. The highest BCUT2D eigenvalue weighted by Crippen LogP contribution is 2.20. The summed E-state index contributed by atoms with van der Waals surface area (Å²) in [5, 5.41) is 6.79. The maximum absolute atomic E-state index is 10.8. The first-order chi connectivity index (χ1) is 5.37. The van der Waals surface area contributed by atoms with Crippen LogP contribution < -0.4 is 0 Å². The van der Waals surface area contributed by atoms with E-state index < -0.39 is 26.7 Å². The predicted molar refractivity (Wildman–Crippen MR) is 46.9 cm³/mol. The van der Waals surface area contributed by atoms with Crippen molar-refractivity contribution in [1.82, 2.24) is 0 Å². The smallest absolute Gasteiger partial charge is 0.348 e. The van der Waals surface area contributed by atoms with Gasteiger partial charge in [0.05, 0.1) is 0 Å². The van der Waals surface area contributed by atoms with Crippen LogP contribution in [0.2, 0.25) is 0 Å². The van der Waals surface area contributed by atoms with E-state index in [0.717, 1.165) is 0 Å². The first-order valence-corrected chi connectivity index (χ1v) is 4.11. The molecule has 0 aliphatic rings. The van der Waals surface area contributed by atoms with Crippen molar-refractivity contribution < 1.29 is 14.7 Å². The second-order valence-electron chi connectivity index (χ2n) is 1.60. The number of rotatable bonds is 3. The summed E-state index contributed by atoms with van der Waals surface area (Å²) in [5.41, 5.74) is 0. The number of Topliss-reactive ketones (excluding diaryl/α,β-unsaturated/α-hetero) is 1.